The first-order valence-electron chi connectivity index (χ1n) is 10.8. The Labute approximate surface area is 198 Å². The Bertz CT molecular complexity index is 1110. The van der Waals surface area contributed by atoms with Crippen molar-refractivity contribution in [1.82, 2.24) is 9.80 Å². The molecule has 0 saturated carbocycles. The van der Waals surface area contributed by atoms with Crippen LogP contribution in [0.1, 0.15) is 23.6 Å². The van der Waals surface area contributed by atoms with Crippen molar-refractivity contribution >= 4 is 17.4 Å². The van der Waals surface area contributed by atoms with Crippen LogP contribution in [0.3, 0.4) is 0 Å². The van der Waals surface area contributed by atoms with Crippen LogP contribution in [0.4, 0.5) is 0 Å². The Morgan fingerprint density at radius 3 is 2.24 bits per heavy atom. The van der Waals surface area contributed by atoms with Gasteiger partial charge in [0, 0.05) is 18.2 Å². The molecule has 1 aliphatic heterocycles. The quantitative estimate of drug-likeness (QED) is 0.327. The van der Waals surface area contributed by atoms with E-state index in [1.165, 1.54) is 38.4 Å². The molecule has 2 N–H and O–H groups in total. The second kappa shape index (κ2) is 10.5. The summed E-state index contributed by atoms with van der Waals surface area (Å²) in [5.41, 5.74) is 0.362. The number of amides is 1. The molecule has 0 aliphatic carbocycles. The molecule has 1 saturated heterocycles. The number of rotatable bonds is 9. The normalized spacial score (nSPS) is 17.4. The molecule has 3 rings (SSSR count). The van der Waals surface area contributed by atoms with E-state index in [0.717, 1.165) is 0 Å². The molecule has 0 aromatic heterocycles. The zero-order chi connectivity index (χ0) is 25.0. The smallest absolute Gasteiger partial charge is 0.295 e. The Balaban J connectivity index is 2.22. The van der Waals surface area contributed by atoms with E-state index in [0.29, 0.717) is 35.8 Å². The molecular weight excluding hydrogens is 440 g/mol. The van der Waals surface area contributed by atoms with Gasteiger partial charge >= 0.3 is 0 Å². The maximum atomic E-state index is 13.2. The predicted molar refractivity (Wildman–Crippen MR) is 126 cm³/mol. The molecule has 0 radical (unpaired) electrons. The van der Waals surface area contributed by atoms with Gasteiger partial charge in [-0.3, -0.25) is 9.59 Å². The molecule has 2 aromatic carbocycles. The Kier molecular flexibility index (Phi) is 7.68. The van der Waals surface area contributed by atoms with Gasteiger partial charge in [0.2, 0.25) is 0 Å². The minimum atomic E-state index is -0.936. The predicted octanol–water partition coefficient (Wildman–Crippen LogP) is 2.79. The van der Waals surface area contributed by atoms with E-state index in [1.54, 1.807) is 24.3 Å². The average Bonchev–Trinajstić information content (AvgIpc) is 3.07. The van der Waals surface area contributed by atoms with Crippen molar-refractivity contribution in [1.29, 1.82) is 0 Å². The second-order valence-corrected chi connectivity index (χ2v) is 8.14. The lowest BCUT2D eigenvalue weighted by molar-refractivity contribution is -0.140. The molecule has 2 aromatic rings. The van der Waals surface area contributed by atoms with Gasteiger partial charge in [0.25, 0.3) is 11.7 Å². The van der Waals surface area contributed by atoms with Crippen molar-refractivity contribution in [3.8, 4) is 23.0 Å². The van der Waals surface area contributed by atoms with Crippen molar-refractivity contribution < 1.29 is 34.0 Å². The SMILES string of the molecule is COc1ccc(/C(O)=C2\C(=O)C(=O)N(CCCN(C)C)C2c2cc(OC)ccc2OC)c(O)c1. The van der Waals surface area contributed by atoms with Crippen LogP contribution in [0.15, 0.2) is 42.0 Å². The number of ketones is 1. The van der Waals surface area contributed by atoms with E-state index < -0.39 is 23.5 Å². The van der Waals surface area contributed by atoms with Crippen molar-refractivity contribution in [3.05, 3.63) is 53.1 Å². The molecule has 9 heteroatoms. The molecule has 0 spiro atoms. The summed E-state index contributed by atoms with van der Waals surface area (Å²) in [5, 5.41) is 21.7. The lowest BCUT2D eigenvalue weighted by Crippen LogP contribution is -2.32. The second-order valence-electron chi connectivity index (χ2n) is 8.14. The number of methoxy groups -OCH3 is 3. The van der Waals surface area contributed by atoms with E-state index in [2.05, 4.69) is 0 Å². The number of carbonyl (C=O) groups excluding carboxylic acids is 2. The first-order chi connectivity index (χ1) is 16.2. The number of nitrogens with zero attached hydrogens (tertiary/aromatic N) is 2. The van der Waals surface area contributed by atoms with E-state index in [4.69, 9.17) is 14.2 Å². The number of hydrogen-bond acceptors (Lipinski definition) is 8. The monoisotopic (exact) mass is 470 g/mol. The highest BCUT2D eigenvalue weighted by Gasteiger charge is 2.47. The van der Waals surface area contributed by atoms with Crippen LogP contribution < -0.4 is 14.2 Å². The number of phenolic OH excluding ortho intramolecular Hbond substituents is 1. The van der Waals surface area contributed by atoms with Gasteiger partial charge in [-0.25, -0.2) is 0 Å². The third-order valence-corrected chi connectivity index (χ3v) is 5.74. The zero-order valence-corrected chi connectivity index (χ0v) is 20.0. The number of ether oxygens (including phenoxy) is 3. The number of carbonyl (C=O) groups is 2. The van der Waals surface area contributed by atoms with Crippen LogP contribution in [0.2, 0.25) is 0 Å². The summed E-state index contributed by atoms with van der Waals surface area (Å²) < 4.78 is 16.0. The fourth-order valence-corrected chi connectivity index (χ4v) is 4.03. The van der Waals surface area contributed by atoms with Crippen LogP contribution in [0.5, 0.6) is 23.0 Å². The van der Waals surface area contributed by atoms with Gasteiger partial charge in [0.15, 0.2) is 0 Å². The van der Waals surface area contributed by atoms with Gasteiger partial charge in [0.1, 0.15) is 28.8 Å². The van der Waals surface area contributed by atoms with Gasteiger partial charge in [-0.1, -0.05) is 0 Å². The number of hydrogen-bond donors (Lipinski definition) is 2. The highest BCUT2D eigenvalue weighted by molar-refractivity contribution is 6.46. The van der Waals surface area contributed by atoms with Crippen LogP contribution in [-0.4, -0.2) is 80.2 Å². The molecule has 9 nitrogen and oxygen atoms in total. The third kappa shape index (κ3) is 4.79. The fourth-order valence-electron chi connectivity index (χ4n) is 4.03. The molecule has 1 heterocycles. The summed E-state index contributed by atoms with van der Waals surface area (Å²) in [5.74, 6) is -1.03. The molecule has 0 bridgehead atoms. The highest BCUT2D eigenvalue weighted by Crippen LogP contribution is 2.45. The van der Waals surface area contributed by atoms with Gasteiger partial charge in [-0.15, -0.1) is 0 Å². The summed E-state index contributed by atoms with van der Waals surface area (Å²) in [6.07, 6.45) is 0.608. The van der Waals surface area contributed by atoms with E-state index in [-0.39, 0.29) is 23.4 Å². The van der Waals surface area contributed by atoms with Crippen LogP contribution in [-0.2, 0) is 9.59 Å². The van der Waals surface area contributed by atoms with Crippen molar-refractivity contribution in [2.45, 2.75) is 12.5 Å². The minimum Gasteiger partial charge on any atom is -0.507 e. The van der Waals surface area contributed by atoms with E-state index >= 15 is 0 Å². The lowest BCUT2D eigenvalue weighted by atomic mass is 9.94. The first-order valence-corrected chi connectivity index (χ1v) is 10.8. The van der Waals surface area contributed by atoms with Gasteiger partial charge in [0.05, 0.1) is 38.5 Å². The summed E-state index contributed by atoms with van der Waals surface area (Å²) in [6, 6.07) is 8.42. The molecule has 1 atom stereocenters. The average molecular weight is 471 g/mol. The van der Waals surface area contributed by atoms with Gasteiger partial charge < -0.3 is 34.2 Å². The summed E-state index contributed by atoms with van der Waals surface area (Å²) >= 11 is 0. The molecule has 1 amide bonds. The first kappa shape index (κ1) is 24.9. The van der Waals surface area contributed by atoms with Crippen LogP contribution >= 0.6 is 0 Å². The van der Waals surface area contributed by atoms with E-state index in [1.807, 2.05) is 19.0 Å². The minimum absolute atomic E-state index is 0.0129. The van der Waals surface area contributed by atoms with Crippen LogP contribution in [0.25, 0.3) is 5.76 Å². The Morgan fingerprint density at radius 1 is 1.00 bits per heavy atom. The zero-order valence-electron chi connectivity index (χ0n) is 20.0. The number of benzene rings is 2. The molecule has 34 heavy (non-hydrogen) atoms. The van der Waals surface area contributed by atoms with Crippen LogP contribution in [0, 0.1) is 0 Å². The lowest BCUT2D eigenvalue weighted by Gasteiger charge is -2.27. The number of Topliss-reactive ketones (excluding diaryl/α,β-unsaturated/α-hetero) is 1. The van der Waals surface area contributed by atoms with Crippen molar-refractivity contribution in [2.24, 2.45) is 0 Å². The summed E-state index contributed by atoms with van der Waals surface area (Å²) in [7, 11) is 8.28. The third-order valence-electron chi connectivity index (χ3n) is 5.74. The number of aliphatic hydroxyl groups excluding tert-OH is 1. The Morgan fingerprint density at radius 2 is 1.65 bits per heavy atom. The molecule has 1 unspecified atom stereocenters. The highest BCUT2D eigenvalue weighted by atomic mass is 16.5. The largest absolute Gasteiger partial charge is 0.507 e. The summed E-state index contributed by atoms with van der Waals surface area (Å²) in [6.45, 7) is 0.976. The number of aliphatic hydroxyl groups is 1. The van der Waals surface area contributed by atoms with E-state index in [9.17, 15) is 19.8 Å². The summed E-state index contributed by atoms with van der Waals surface area (Å²) in [4.78, 5) is 29.7. The molecule has 1 aliphatic rings. The number of phenols is 1. The maximum Gasteiger partial charge on any atom is 0.295 e. The fraction of sp³-hybridized carbons (Fsp3) is 0.360. The molecular formula is C25H30N2O7. The van der Waals surface area contributed by atoms with Crippen molar-refractivity contribution in [3.63, 3.8) is 0 Å². The maximum absolute atomic E-state index is 13.2. The Hall–Kier alpha value is -3.72. The number of aromatic hydroxyl groups is 1. The number of likely N-dealkylation sites (tertiary alicyclic amines) is 1. The molecule has 1 fully saturated rings. The molecule has 182 valence electrons. The van der Waals surface area contributed by atoms with Gasteiger partial charge in [-0.05, 0) is 57.4 Å². The van der Waals surface area contributed by atoms with Crippen molar-refractivity contribution in [2.75, 3.05) is 48.5 Å². The van der Waals surface area contributed by atoms with Gasteiger partial charge in [-0.2, -0.15) is 0 Å². The standard InChI is InChI=1S/C25H30N2O7/c1-26(2)11-6-12-27-22(18-13-15(32-3)8-10-20(18)34-5)21(24(30)25(27)31)23(29)17-9-7-16(33-4)14-19(17)28/h7-10,13-14,22,28-29H,6,11-12H2,1-5H3/b23-21+. The topological polar surface area (TPSA) is 109 Å².